The van der Waals surface area contributed by atoms with Gasteiger partial charge in [0.05, 0.1) is 16.9 Å². The predicted molar refractivity (Wildman–Crippen MR) is 84.1 cm³/mol. The van der Waals surface area contributed by atoms with Crippen LogP contribution in [0, 0.1) is 5.82 Å². The van der Waals surface area contributed by atoms with Gasteiger partial charge in [-0.25, -0.2) is 9.18 Å². The van der Waals surface area contributed by atoms with Gasteiger partial charge < -0.3 is 4.98 Å². The van der Waals surface area contributed by atoms with Gasteiger partial charge in [-0.1, -0.05) is 23.7 Å². The number of H-pyrrole nitrogens is 1. The third kappa shape index (κ3) is 2.44. The molecule has 0 spiro atoms. The van der Waals surface area contributed by atoms with Gasteiger partial charge in [0.15, 0.2) is 0 Å². The standard InChI is InChI=1S/C16H12ClFN2O2/c1-9(10-2-4-11(17)5-3-10)20-15(21)13-7-6-12(18)8-14(13)19-16(20)22/h2-9H,1H3,(H,19,22)/t9-/m0/s1. The maximum Gasteiger partial charge on any atom is 0.329 e. The highest BCUT2D eigenvalue weighted by atomic mass is 35.5. The van der Waals surface area contributed by atoms with Gasteiger partial charge in [0.25, 0.3) is 5.56 Å². The number of hydrogen-bond donors (Lipinski definition) is 1. The Morgan fingerprint density at radius 2 is 1.82 bits per heavy atom. The fourth-order valence-electron chi connectivity index (χ4n) is 2.45. The molecule has 3 aromatic rings. The quantitative estimate of drug-likeness (QED) is 0.789. The molecule has 0 radical (unpaired) electrons. The average Bonchev–Trinajstić information content (AvgIpc) is 2.47. The zero-order valence-corrected chi connectivity index (χ0v) is 12.4. The lowest BCUT2D eigenvalue weighted by Crippen LogP contribution is -2.37. The van der Waals surface area contributed by atoms with E-state index in [1.165, 1.54) is 12.1 Å². The van der Waals surface area contributed by atoms with Crippen LogP contribution >= 0.6 is 11.6 Å². The molecular weight excluding hydrogens is 307 g/mol. The van der Waals surface area contributed by atoms with Gasteiger partial charge in [0, 0.05) is 5.02 Å². The summed E-state index contributed by atoms with van der Waals surface area (Å²) in [7, 11) is 0. The van der Waals surface area contributed by atoms with Gasteiger partial charge in [-0.3, -0.25) is 9.36 Å². The van der Waals surface area contributed by atoms with Crippen LogP contribution in [0.5, 0.6) is 0 Å². The first-order valence-corrected chi connectivity index (χ1v) is 7.05. The first-order chi connectivity index (χ1) is 10.5. The molecule has 1 atom stereocenters. The fourth-order valence-corrected chi connectivity index (χ4v) is 2.57. The molecule has 4 nitrogen and oxygen atoms in total. The van der Waals surface area contributed by atoms with Crippen LogP contribution in [0.4, 0.5) is 4.39 Å². The summed E-state index contributed by atoms with van der Waals surface area (Å²) in [5.41, 5.74) is -0.0697. The van der Waals surface area contributed by atoms with Gasteiger partial charge >= 0.3 is 5.69 Å². The number of hydrogen-bond acceptors (Lipinski definition) is 2. The highest BCUT2D eigenvalue weighted by Gasteiger charge is 2.15. The summed E-state index contributed by atoms with van der Waals surface area (Å²) in [6.07, 6.45) is 0. The van der Waals surface area contributed by atoms with Gasteiger partial charge in [-0.15, -0.1) is 0 Å². The lowest BCUT2D eigenvalue weighted by Gasteiger charge is -2.15. The van der Waals surface area contributed by atoms with Crippen LogP contribution in [0.1, 0.15) is 18.5 Å². The van der Waals surface area contributed by atoms with Gasteiger partial charge in [-0.05, 0) is 42.8 Å². The minimum absolute atomic E-state index is 0.189. The van der Waals surface area contributed by atoms with Crippen molar-refractivity contribution in [3.8, 4) is 0 Å². The predicted octanol–water partition coefficient (Wildman–Crippen LogP) is 3.09. The topological polar surface area (TPSA) is 54.9 Å². The van der Waals surface area contributed by atoms with E-state index in [0.717, 1.165) is 16.2 Å². The summed E-state index contributed by atoms with van der Waals surface area (Å²) in [4.78, 5) is 27.3. The monoisotopic (exact) mass is 318 g/mol. The molecule has 0 aliphatic heterocycles. The minimum atomic E-state index is -0.578. The number of aromatic nitrogens is 2. The molecule has 1 aromatic heterocycles. The molecule has 0 aliphatic rings. The van der Waals surface area contributed by atoms with E-state index in [1.807, 2.05) is 0 Å². The van der Waals surface area contributed by atoms with Crippen molar-refractivity contribution in [2.45, 2.75) is 13.0 Å². The molecule has 6 heteroatoms. The van der Waals surface area contributed by atoms with Gasteiger partial charge in [0.1, 0.15) is 5.82 Å². The van der Waals surface area contributed by atoms with Crippen molar-refractivity contribution < 1.29 is 4.39 Å². The number of fused-ring (bicyclic) bond motifs is 1. The van der Waals surface area contributed by atoms with E-state index >= 15 is 0 Å². The second-order valence-electron chi connectivity index (χ2n) is 5.02. The van der Waals surface area contributed by atoms with E-state index < -0.39 is 23.1 Å². The Morgan fingerprint density at radius 1 is 1.14 bits per heavy atom. The molecule has 0 unspecified atom stereocenters. The Morgan fingerprint density at radius 3 is 2.50 bits per heavy atom. The van der Waals surface area contributed by atoms with Crippen LogP contribution < -0.4 is 11.2 Å². The summed E-state index contributed by atoms with van der Waals surface area (Å²) in [6, 6.07) is 10.1. The molecule has 0 aliphatic carbocycles. The molecule has 3 rings (SSSR count). The van der Waals surface area contributed by atoms with Gasteiger partial charge in [-0.2, -0.15) is 0 Å². The van der Waals surface area contributed by atoms with Crippen LogP contribution in [0.25, 0.3) is 10.9 Å². The molecule has 0 saturated carbocycles. The first-order valence-electron chi connectivity index (χ1n) is 6.67. The summed E-state index contributed by atoms with van der Waals surface area (Å²) in [6.45, 7) is 1.75. The lowest BCUT2D eigenvalue weighted by molar-refractivity contribution is 0.584. The maximum absolute atomic E-state index is 13.2. The molecule has 0 bridgehead atoms. The molecule has 0 saturated heterocycles. The molecule has 1 N–H and O–H groups in total. The van der Waals surface area contributed by atoms with Gasteiger partial charge in [0.2, 0.25) is 0 Å². The van der Waals surface area contributed by atoms with Crippen molar-refractivity contribution in [2.75, 3.05) is 0 Å². The van der Waals surface area contributed by atoms with Crippen molar-refractivity contribution >= 4 is 22.5 Å². The summed E-state index contributed by atoms with van der Waals surface area (Å²) < 4.78 is 14.3. The zero-order chi connectivity index (χ0) is 15.9. The van der Waals surface area contributed by atoms with E-state index in [2.05, 4.69) is 4.98 Å². The number of nitrogens with one attached hydrogen (secondary N) is 1. The highest BCUT2D eigenvalue weighted by Crippen LogP contribution is 2.18. The SMILES string of the molecule is C[C@@H](c1ccc(Cl)cc1)n1c(=O)[nH]c2cc(F)ccc2c1=O. The number of benzene rings is 2. The lowest BCUT2D eigenvalue weighted by atomic mass is 10.1. The minimum Gasteiger partial charge on any atom is -0.307 e. The Kier molecular flexibility index (Phi) is 3.58. The molecule has 112 valence electrons. The number of rotatable bonds is 2. The third-order valence-corrected chi connectivity index (χ3v) is 3.88. The molecule has 1 heterocycles. The molecular formula is C16H12ClFN2O2. The van der Waals surface area contributed by atoms with Crippen molar-refractivity contribution in [1.82, 2.24) is 9.55 Å². The number of aromatic amines is 1. The molecule has 22 heavy (non-hydrogen) atoms. The Hall–Kier alpha value is -2.40. The Labute approximate surface area is 129 Å². The second kappa shape index (κ2) is 5.42. The maximum atomic E-state index is 13.2. The summed E-state index contributed by atoms with van der Waals surface area (Å²) in [5, 5.41) is 0.841. The second-order valence-corrected chi connectivity index (χ2v) is 5.46. The van der Waals surface area contributed by atoms with E-state index in [4.69, 9.17) is 11.6 Å². The molecule has 0 amide bonds. The largest absolute Gasteiger partial charge is 0.329 e. The van der Waals surface area contributed by atoms with E-state index in [9.17, 15) is 14.0 Å². The van der Waals surface area contributed by atoms with Crippen molar-refractivity contribution in [1.29, 1.82) is 0 Å². The van der Waals surface area contributed by atoms with Crippen LogP contribution in [-0.4, -0.2) is 9.55 Å². The van der Waals surface area contributed by atoms with Crippen molar-refractivity contribution in [3.05, 3.63) is 79.7 Å². The van der Waals surface area contributed by atoms with Crippen LogP contribution in [0.2, 0.25) is 5.02 Å². The van der Waals surface area contributed by atoms with Crippen LogP contribution in [0.15, 0.2) is 52.1 Å². The fraction of sp³-hybridized carbons (Fsp3) is 0.125. The summed E-state index contributed by atoms with van der Waals surface area (Å²) >= 11 is 5.85. The van der Waals surface area contributed by atoms with Crippen molar-refractivity contribution in [3.63, 3.8) is 0 Å². The van der Waals surface area contributed by atoms with E-state index in [0.29, 0.717) is 5.02 Å². The summed E-state index contributed by atoms with van der Waals surface area (Å²) in [5.74, 6) is -0.508. The zero-order valence-electron chi connectivity index (χ0n) is 11.6. The number of halogens is 2. The molecule has 0 fully saturated rings. The van der Waals surface area contributed by atoms with Crippen LogP contribution in [0.3, 0.4) is 0 Å². The third-order valence-electron chi connectivity index (χ3n) is 3.63. The number of nitrogens with zero attached hydrogens (tertiary/aromatic N) is 1. The van der Waals surface area contributed by atoms with Crippen LogP contribution in [-0.2, 0) is 0 Å². The van der Waals surface area contributed by atoms with E-state index in [1.54, 1.807) is 31.2 Å². The Bertz CT molecular complexity index is 961. The molecule has 2 aromatic carbocycles. The highest BCUT2D eigenvalue weighted by molar-refractivity contribution is 6.30. The normalized spacial score (nSPS) is 12.5. The Balaban J connectivity index is 2.22. The smallest absolute Gasteiger partial charge is 0.307 e. The van der Waals surface area contributed by atoms with E-state index in [-0.39, 0.29) is 10.9 Å². The van der Waals surface area contributed by atoms with Crippen molar-refractivity contribution in [2.24, 2.45) is 0 Å². The first kappa shape index (κ1) is 14.5. The average molecular weight is 319 g/mol.